The minimum atomic E-state index is -1.08. The summed E-state index contributed by atoms with van der Waals surface area (Å²) in [5.74, 6) is -1.99. The zero-order valence-electron chi connectivity index (χ0n) is 26.0. The van der Waals surface area contributed by atoms with Crippen molar-refractivity contribution in [2.24, 2.45) is 0 Å². The van der Waals surface area contributed by atoms with Gasteiger partial charge in [0, 0.05) is 11.5 Å². The van der Waals surface area contributed by atoms with E-state index in [0.717, 1.165) is 44.1 Å². The molecule has 0 spiro atoms. The molecule has 1 aromatic carbocycles. The van der Waals surface area contributed by atoms with Crippen LogP contribution in [0.4, 0.5) is 0 Å². The van der Waals surface area contributed by atoms with Crippen LogP contribution in [-0.2, 0) is 11.2 Å². The summed E-state index contributed by atoms with van der Waals surface area (Å²) in [5.41, 5.74) is 1.18. The van der Waals surface area contributed by atoms with Crippen molar-refractivity contribution in [3.05, 3.63) is 49.2 Å². The second-order valence-electron chi connectivity index (χ2n) is 9.77. The Morgan fingerprint density at radius 3 is 1.33 bits per heavy atom. The molecule has 0 amide bonds. The molecule has 224 valence electrons. The predicted molar refractivity (Wildman–Crippen MR) is 166 cm³/mol. The first-order valence-electron chi connectivity index (χ1n) is 15.4. The first kappa shape index (κ1) is 45.0. The van der Waals surface area contributed by atoms with Gasteiger partial charge >= 0.3 is 23.9 Å². The molecule has 1 rings (SSSR count). The van der Waals surface area contributed by atoms with Crippen molar-refractivity contribution in [2.75, 3.05) is 0 Å². The van der Waals surface area contributed by atoms with Gasteiger partial charge < -0.3 is 19.8 Å². The number of hydrogen-bond acceptors (Lipinski definition) is 4. The van der Waals surface area contributed by atoms with E-state index in [-0.39, 0.29) is 30.3 Å². The molecule has 0 fully saturated rings. The van der Waals surface area contributed by atoms with Crippen LogP contribution in [0.5, 0.6) is 0 Å². The number of aliphatic carboxylic acids is 1. The van der Waals surface area contributed by atoms with Gasteiger partial charge in [-0.3, -0.25) is 0 Å². The van der Waals surface area contributed by atoms with Crippen LogP contribution in [0.15, 0.2) is 24.3 Å². The largest absolute Gasteiger partial charge is 2.00 e. The molecule has 0 bridgehead atoms. The van der Waals surface area contributed by atoms with Gasteiger partial charge in [-0.15, -0.1) is 0 Å². The van der Waals surface area contributed by atoms with E-state index in [1.54, 1.807) is 12.1 Å². The van der Waals surface area contributed by atoms with E-state index < -0.39 is 11.9 Å². The molecule has 0 atom stereocenters. The molecule has 0 aliphatic heterocycles. The van der Waals surface area contributed by atoms with Gasteiger partial charge in [-0.1, -0.05) is 175 Å². The Bertz CT molecular complexity index is 611. The van der Waals surface area contributed by atoms with Crippen molar-refractivity contribution < 1.29 is 19.8 Å². The molecule has 0 saturated heterocycles. The Balaban J connectivity index is -0.000000249. The van der Waals surface area contributed by atoms with Gasteiger partial charge in [-0.2, -0.15) is 0 Å². The maximum atomic E-state index is 10.6. The fraction of sp³-hybridized carbons (Fsp3) is 0.706. The maximum absolute atomic E-state index is 10.6. The summed E-state index contributed by atoms with van der Waals surface area (Å²) in [6, 6.07) is 6.97. The third-order valence-corrected chi connectivity index (χ3v) is 5.95. The zero-order valence-corrected chi connectivity index (χ0v) is 28.9. The van der Waals surface area contributed by atoms with E-state index in [4.69, 9.17) is 0 Å². The summed E-state index contributed by atoms with van der Waals surface area (Å²) < 4.78 is 0. The molecule has 0 aromatic heterocycles. The summed E-state index contributed by atoms with van der Waals surface area (Å²) in [7, 11) is 0. The van der Waals surface area contributed by atoms with Gasteiger partial charge in [-0.25, -0.2) is 0 Å². The minimum Gasteiger partial charge on any atom is -0.550 e. The van der Waals surface area contributed by atoms with Gasteiger partial charge in [-0.05, 0) is 24.8 Å². The first-order chi connectivity index (χ1) is 18.4. The van der Waals surface area contributed by atoms with Crippen LogP contribution in [0.25, 0.3) is 0 Å². The van der Waals surface area contributed by atoms with Crippen molar-refractivity contribution in [3.8, 4) is 0 Å². The number of carbonyl (C=O) groups is 2. The number of rotatable bonds is 19. The summed E-state index contributed by atoms with van der Waals surface area (Å²) in [4.78, 5) is 20.8. The van der Waals surface area contributed by atoms with Gasteiger partial charge in [0.05, 0.1) is 5.97 Å². The topological polar surface area (TPSA) is 80.3 Å². The molecule has 0 unspecified atom stereocenters. The first-order valence-corrected chi connectivity index (χ1v) is 15.4. The summed E-state index contributed by atoms with van der Waals surface area (Å²) >= 11 is 0. The van der Waals surface area contributed by atoms with Crippen LogP contribution in [0, 0.1) is 13.8 Å². The molecule has 4 radical (unpaired) electrons. The quantitative estimate of drug-likeness (QED) is 0.112. The molecule has 39 heavy (non-hydrogen) atoms. The number of benzene rings is 1. The van der Waals surface area contributed by atoms with Crippen LogP contribution >= 0.6 is 0 Å². The van der Waals surface area contributed by atoms with Crippen molar-refractivity contribution in [1.29, 1.82) is 0 Å². The summed E-state index contributed by atoms with van der Waals surface area (Å²) in [5, 5.41) is 20.8. The van der Waals surface area contributed by atoms with Gasteiger partial charge in [0.2, 0.25) is 0 Å². The number of aromatic carboxylic acids is 1. The normalized spacial score (nSPS) is 9.49. The van der Waals surface area contributed by atoms with E-state index in [2.05, 4.69) is 34.6 Å². The Kier molecular flexibility index (Phi) is 45.1. The molecule has 1 aromatic rings. The van der Waals surface area contributed by atoms with E-state index in [9.17, 15) is 19.8 Å². The van der Waals surface area contributed by atoms with Crippen molar-refractivity contribution >= 4 is 35.8 Å². The Hall–Kier alpha value is -1.04. The molecule has 0 aliphatic rings. The van der Waals surface area contributed by atoms with Crippen LogP contribution in [0.2, 0.25) is 0 Å². The van der Waals surface area contributed by atoms with E-state index in [1.807, 2.05) is 19.1 Å². The van der Waals surface area contributed by atoms with Gasteiger partial charge in [0.1, 0.15) is 0 Å². The van der Waals surface area contributed by atoms with Crippen LogP contribution in [0.3, 0.4) is 0 Å². The van der Waals surface area contributed by atoms with Crippen molar-refractivity contribution in [3.63, 3.8) is 0 Å². The molecule has 5 heteroatoms. The van der Waals surface area contributed by atoms with Crippen LogP contribution < -0.4 is 10.2 Å². The third-order valence-electron chi connectivity index (χ3n) is 5.95. The van der Waals surface area contributed by atoms with Gasteiger partial charge in [0.25, 0.3) is 0 Å². The molecule has 4 nitrogen and oxygen atoms in total. The van der Waals surface area contributed by atoms with E-state index in [0.29, 0.717) is 5.56 Å². The number of carboxylic acids is 2. The molecule has 0 aliphatic carbocycles. The maximum Gasteiger partial charge on any atom is 2.00 e. The third kappa shape index (κ3) is 39.2. The minimum absolute atomic E-state index is 0. The van der Waals surface area contributed by atoms with Crippen LogP contribution in [-0.4, -0.2) is 35.8 Å². The number of hydrogen-bond donors (Lipinski definition) is 0. The molecule has 0 saturated carbocycles. The summed E-state index contributed by atoms with van der Waals surface area (Å²) in [6.45, 7) is 15.7. The number of aryl methyl sites for hydroxylation is 1. The fourth-order valence-electron chi connectivity index (χ4n) is 3.49. The Labute approximate surface area is 260 Å². The second kappa shape index (κ2) is 39.1. The fourth-order valence-corrected chi connectivity index (χ4v) is 3.49. The number of carbonyl (C=O) groups excluding carboxylic acids is 2. The smallest absolute Gasteiger partial charge is 0.550 e. The molecule has 0 heterocycles. The van der Waals surface area contributed by atoms with Crippen molar-refractivity contribution in [1.82, 2.24) is 0 Å². The van der Waals surface area contributed by atoms with Gasteiger partial charge in [0.15, 0.2) is 0 Å². The monoisotopic (exact) mass is 652 g/mol. The van der Waals surface area contributed by atoms with Crippen molar-refractivity contribution in [2.45, 2.75) is 156 Å². The molecular formula is C34H60O4Sn. The predicted octanol–water partition coefficient (Wildman–Crippen LogP) is 8.08. The second-order valence-corrected chi connectivity index (χ2v) is 9.77. The zero-order chi connectivity index (χ0) is 29.3. The number of unbranched alkanes of at least 4 members (excludes halogenated alkanes) is 14. The standard InChI is InChI=1S/C16H32O2.C10H12O2.2C4H9.Sn/c1-2-3-4-5-6-7-8-9-10-11-12-13-14-15-16(17)18;1-2-5-8-6-3-4-7-9(8)10(11)12;2*1-3-4-2;/h2-15H2,1H3,(H,17,18);3-4,6-7H,2,5H2,1H3,(H,11,12);2*1,3-4H2,2H3;/q;;;;+2/p-2. The van der Waals surface area contributed by atoms with Crippen LogP contribution in [0.1, 0.15) is 166 Å². The average molecular weight is 652 g/mol. The van der Waals surface area contributed by atoms with E-state index >= 15 is 0 Å². The molecule has 0 N–H and O–H groups in total. The molecular weight excluding hydrogens is 591 g/mol. The number of carboxylic acid groups (broad SMARTS) is 2. The average Bonchev–Trinajstić information content (AvgIpc) is 2.92. The Morgan fingerprint density at radius 2 is 1.00 bits per heavy atom. The Morgan fingerprint density at radius 1 is 0.615 bits per heavy atom. The van der Waals surface area contributed by atoms with E-state index in [1.165, 1.54) is 83.5 Å². The SMILES string of the molecule is CCCCCCCCCCCCCCCC(=O)[O-].CCCc1ccccc1C(=O)[O-].[CH2]CCC.[CH2]CCC.[Sn+2]. The summed E-state index contributed by atoms with van der Waals surface area (Å²) in [6.07, 6.45) is 23.2.